The summed E-state index contributed by atoms with van der Waals surface area (Å²) < 4.78 is 5.68. The second-order valence-corrected chi connectivity index (χ2v) is 5.39. The van der Waals surface area contributed by atoms with E-state index >= 15 is 0 Å². The molecule has 6 nitrogen and oxygen atoms in total. The number of hydrogen-bond donors (Lipinski definition) is 2. The average Bonchev–Trinajstić information content (AvgIpc) is 2.94. The van der Waals surface area contributed by atoms with Crippen molar-refractivity contribution in [2.75, 3.05) is 17.2 Å². The molecule has 20 heavy (non-hydrogen) atoms. The third-order valence-corrected chi connectivity index (χ3v) is 3.91. The van der Waals surface area contributed by atoms with Gasteiger partial charge in [-0.1, -0.05) is 30.4 Å². The number of carbonyl (C=O) groups excluding carboxylic acids is 1. The molecule has 2 N–H and O–H groups in total. The van der Waals surface area contributed by atoms with Crippen molar-refractivity contribution >= 4 is 28.1 Å². The summed E-state index contributed by atoms with van der Waals surface area (Å²) in [5.41, 5.74) is 0.903. The summed E-state index contributed by atoms with van der Waals surface area (Å²) in [5.74, 6) is 0.469. The van der Waals surface area contributed by atoms with E-state index in [1.807, 2.05) is 31.2 Å². The van der Waals surface area contributed by atoms with Gasteiger partial charge in [-0.05, 0) is 18.6 Å². The maximum atomic E-state index is 12.1. The van der Waals surface area contributed by atoms with Gasteiger partial charge < -0.3 is 10.1 Å². The average molecular weight is 290 g/mol. The molecule has 0 bridgehead atoms. The Hall–Kier alpha value is -2.15. The summed E-state index contributed by atoms with van der Waals surface area (Å²) in [5, 5.41) is 15.2. The predicted octanol–water partition coefficient (Wildman–Crippen LogP) is 1.91. The first-order valence-corrected chi connectivity index (χ1v) is 7.20. The molecule has 0 saturated carbocycles. The molecule has 0 aliphatic carbocycles. The van der Waals surface area contributed by atoms with Gasteiger partial charge in [0, 0.05) is 0 Å². The molecule has 104 valence electrons. The van der Waals surface area contributed by atoms with Crippen LogP contribution in [0.4, 0.5) is 10.8 Å². The number of nitrogens with zero attached hydrogens (tertiary/aromatic N) is 2. The van der Waals surface area contributed by atoms with Crippen LogP contribution in [0, 0.1) is 0 Å². The van der Waals surface area contributed by atoms with Crippen LogP contribution in [0.5, 0.6) is 5.75 Å². The maximum Gasteiger partial charge on any atom is 0.269 e. The quantitative estimate of drug-likeness (QED) is 0.903. The number of nitrogens with one attached hydrogen (secondary N) is 2. The first-order chi connectivity index (χ1) is 9.76. The molecule has 0 saturated heterocycles. The Morgan fingerprint density at radius 2 is 2.35 bits per heavy atom. The lowest BCUT2D eigenvalue weighted by atomic mass is 10.2. The SMILES string of the molecule is CCc1nnc(NC(=O)C2CNc3ccccc3O2)s1. The number of hydrogen-bond acceptors (Lipinski definition) is 6. The Kier molecular flexibility index (Phi) is 3.51. The number of ether oxygens (including phenoxy) is 1. The Labute approximate surface area is 120 Å². The molecule has 0 spiro atoms. The Balaban J connectivity index is 1.67. The van der Waals surface area contributed by atoms with E-state index in [0.717, 1.165) is 17.1 Å². The highest BCUT2D eigenvalue weighted by Gasteiger charge is 2.26. The van der Waals surface area contributed by atoms with Gasteiger partial charge in [0.25, 0.3) is 5.91 Å². The van der Waals surface area contributed by atoms with Crippen molar-refractivity contribution in [2.24, 2.45) is 0 Å². The molecule has 1 atom stereocenters. The largest absolute Gasteiger partial charge is 0.477 e. The monoisotopic (exact) mass is 290 g/mol. The van der Waals surface area contributed by atoms with Crippen LogP contribution in [0.1, 0.15) is 11.9 Å². The minimum absolute atomic E-state index is 0.217. The van der Waals surface area contributed by atoms with Crippen LogP contribution in [0.25, 0.3) is 0 Å². The summed E-state index contributed by atoms with van der Waals surface area (Å²) in [4.78, 5) is 12.1. The van der Waals surface area contributed by atoms with Gasteiger partial charge in [-0.3, -0.25) is 10.1 Å². The van der Waals surface area contributed by atoms with Crippen LogP contribution in [-0.2, 0) is 11.2 Å². The fraction of sp³-hybridized carbons (Fsp3) is 0.308. The number of rotatable bonds is 3. The first kappa shape index (κ1) is 12.9. The van der Waals surface area contributed by atoms with Gasteiger partial charge in [-0.2, -0.15) is 0 Å². The summed E-state index contributed by atoms with van der Waals surface area (Å²) in [6.45, 7) is 2.43. The number of anilines is 2. The third kappa shape index (κ3) is 2.57. The fourth-order valence-corrected chi connectivity index (χ4v) is 2.57. The van der Waals surface area contributed by atoms with Crippen molar-refractivity contribution in [3.63, 3.8) is 0 Å². The van der Waals surface area contributed by atoms with Gasteiger partial charge in [-0.25, -0.2) is 0 Å². The summed E-state index contributed by atoms with van der Waals surface area (Å²) >= 11 is 1.38. The van der Waals surface area contributed by atoms with Gasteiger partial charge in [-0.15, -0.1) is 10.2 Å². The van der Waals surface area contributed by atoms with E-state index in [-0.39, 0.29) is 5.91 Å². The lowest BCUT2D eigenvalue weighted by Crippen LogP contribution is -2.41. The van der Waals surface area contributed by atoms with Crippen molar-refractivity contribution in [3.05, 3.63) is 29.3 Å². The zero-order chi connectivity index (χ0) is 13.9. The van der Waals surface area contributed by atoms with Crippen LogP contribution >= 0.6 is 11.3 Å². The van der Waals surface area contributed by atoms with Crippen molar-refractivity contribution in [2.45, 2.75) is 19.4 Å². The molecule has 1 aromatic carbocycles. The summed E-state index contributed by atoms with van der Waals surface area (Å²) in [7, 11) is 0. The molecule has 1 aliphatic rings. The number of para-hydroxylation sites is 2. The smallest absolute Gasteiger partial charge is 0.269 e. The highest BCUT2D eigenvalue weighted by Crippen LogP contribution is 2.28. The maximum absolute atomic E-state index is 12.1. The number of fused-ring (bicyclic) bond motifs is 1. The van der Waals surface area contributed by atoms with Crippen LogP contribution in [0.3, 0.4) is 0 Å². The highest BCUT2D eigenvalue weighted by molar-refractivity contribution is 7.15. The minimum atomic E-state index is -0.570. The van der Waals surface area contributed by atoms with E-state index in [2.05, 4.69) is 20.8 Å². The second-order valence-electron chi connectivity index (χ2n) is 4.33. The van der Waals surface area contributed by atoms with Gasteiger partial charge in [0.05, 0.1) is 12.2 Å². The molecule has 3 rings (SSSR count). The topological polar surface area (TPSA) is 76.1 Å². The minimum Gasteiger partial charge on any atom is -0.477 e. The van der Waals surface area contributed by atoms with Gasteiger partial charge >= 0.3 is 0 Å². The van der Waals surface area contributed by atoms with E-state index in [4.69, 9.17) is 4.74 Å². The Bertz CT molecular complexity index is 628. The molecule has 2 heterocycles. The number of amides is 1. The Morgan fingerprint density at radius 1 is 1.50 bits per heavy atom. The lowest BCUT2D eigenvalue weighted by molar-refractivity contribution is -0.122. The standard InChI is InChI=1S/C13H14N4O2S/c1-2-11-16-17-13(20-11)15-12(18)10-7-14-8-5-3-4-6-9(8)19-10/h3-6,10,14H,2,7H2,1H3,(H,15,17,18). The van der Waals surface area contributed by atoms with Crippen LogP contribution in [-0.4, -0.2) is 28.8 Å². The number of carbonyl (C=O) groups is 1. The van der Waals surface area contributed by atoms with Crippen molar-refractivity contribution in [3.8, 4) is 5.75 Å². The van der Waals surface area contributed by atoms with E-state index < -0.39 is 6.10 Å². The zero-order valence-corrected chi connectivity index (χ0v) is 11.7. The van der Waals surface area contributed by atoms with Crippen molar-refractivity contribution < 1.29 is 9.53 Å². The molecule has 1 aromatic heterocycles. The first-order valence-electron chi connectivity index (χ1n) is 6.39. The third-order valence-electron chi connectivity index (χ3n) is 2.93. The van der Waals surface area contributed by atoms with Gasteiger partial charge in [0.1, 0.15) is 10.8 Å². The van der Waals surface area contributed by atoms with E-state index in [1.165, 1.54) is 11.3 Å². The lowest BCUT2D eigenvalue weighted by Gasteiger charge is -2.25. The highest BCUT2D eigenvalue weighted by atomic mass is 32.1. The molecular formula is C13H14N4O2S. The van der Waals surface area contributed by atoms with Crippen molar-refractivity contribution in [1.29, 1.82) is 0 Å². The second kappa shape index (κ2) is 5.46. The van der Waals surface area contributed by atoms with Crippen LogP contribution in [0.15, 0.2) is 24.3 Å². The molecule has 2 aromatic rings. The van der Waals surface area contributed by atoms with E-state index in [0.29, 0.717) is 17.4 Å². The summed E-state index contributed by atoms with van der Waals surface area (Å²) in [6, 6.07) is 7.55. The molecular weight excluding hydrogens is 276 g/mol. The van der Waals surface area contributed by atoms with Crippen molar-refractivity contribution in [1.82, 2.24) is 10.2 Å². The number of benzene rings is 1. The summed E-state index contributed by atoms with van der Waals surface area (Å²) in [6.07, 6.45) is 0.237. The van der Waals surface area contributed by atoms with Gasteiger partial charge in [0.2, 0.25) is 5.13 Å². The fourth-order valence-electron chi connectivity index (χ4n) is 1.89. The van der Waals surface area contributed by atoms with E-state index in [9.17, 15) is 4.79 Å². The predicted molar refractivity (Wildman–Crippen MR) is 77.3 cm³/mol. The molecule has 1 unspecified atom stereocenters. The van der Waals surface area contributed by atoms with Crippen LogP contribution in [0.2, 0.25) is 0 Å². The number of aryl methyl sites for hydroxylation is 1. The molecule has 0 fully saturated rings. The molecule has 1 amide bonds. The molecule has 1 aliphatic heterocycles. The van der Waals surface area contributed by atoms with E-state index in [1.54, 1.807) is 0 Å². The Morgan fingerprint density at radius 3 is 3.15 bits per heavy atom. The van der Waals surface area contributed by atoms with Crippen LogP contribution < -0.4 is 15.4 Å². The normalized spacial score (nSPS) is 16.8. The zero-order valence-electron chi connectivity index (χ0n) is 10.9. The molecule has 7 heteroatoms. The van der Waals surface area contributed by atoms with Gasteiger partial charge in [0.15, 0.2) is 6.10 Å². The number of aromatic nitrogens is 2. The molecule has 0 radical (unpaired) electrons.